The molecule has 22 heavy (non-hydrogen) atoms. The van der Waals surface area contributed by atoms with Gasteiger partial charge in [0, 0.05) is 25.7 Å². The average molecular weight is 304 g/mol. The number of phenolic OH excluding ortho intramolecular Hbond substituents is 1. The fraction of sp³-hybridized carbons (Fsp3) is 0.471. The maximum absolute atomic E-state index is 12.3. The first kappa shape index (κ1) is 16.4. The Bertz CT molecular complexity index is 557. The molecule has 5 heteroatoms. The summed E-state index contributed by atoms with van der Waals surface area (Å²) in [7, 11) is 3.31. The van der Waals surface area contributed by atoms with Crippen LogP contribution in [0.3, 0.4) is 0 Å². The van der Waals surface area contributed by atoms with E-state index in [1.165, 1.54) is 13.5 Å². The molecule has 1 fully saturated rings. The monoisotopic (exact) mass is 304 g/mol. The van der Waals surface area contributed by atoms with Crippen molar-refractivity contribution in [2.75, 3.05) is 20.7 Å². The summed E-state index contributed by atoms with van der Waals surface area (Å²) in [6.45, 7) is 3.07. The Hall–Kier alpha value is -2.01. The van der Waals surface area contributed by atoms with E-state index in [1.54, 1.807) is 35.4 Å². The number of ether oxygens (including phenoxy) is 1. The SMILES string of the molecule is COc1cc(/C=C/C(=O)N(C)N2CCCCC2C)ccc1O. The van der Waals surface area contributed by atoms with Crippen LogP contribution in [0, 0.1) is 0 Å². The fourth-order valence-corrected chi connectivity index (χ4v) is 2.73. The van der Waals surface area contributed by atoms with E-state index in [-0.39, 0.29) is 11.7 Å². The van der Waals surface area contributed by atoms with Crippen LogP contribution >= 0.6 is 0 Å². The number of piperidine rings is 1. The number of hydrogen-bond donors (Lipinski definition) is 1. The molecule has 1 atom stereocenters. The van der Waals surface area contributed by atoms with Crippen LogP contribution in [-0.2, 0) is 4.79 Å². The van der Waals surface area contributed by atoms with Crippen molar-refractivity contribution < 1.29 is 14.6 Å². The van der Waals surface area contributed by atoms with E-state index in [9.17, 15) is 9.90 Å². The van der Waals surface area contributed by atoms with Crippen LogP contribution in [0.1, 0.15) is 31.7 Å². The summed E-state index contributed by atoms with van der Waals surface area (Å²) in [5.74, 6) is 0.429. The van der Waals surface area contributed by atoms with Crippen molar-refractivity contribution in [2.24, 2.45) is 0 Å². The molecule has 0 radical (unpaired) electrons. The number of amides is 1. The number of carbonyl (C=O) groups is 1. The highest BCUT2D eigenvalue weighted by Gasteiger charge is 2.23. The molecule has 1 N–H and O–H groups in total. The molecule has 1 saturated heterocycles. The summed E-state index contributed by atoms with van der Waals surface area (Å²) < 4.78 is 5.06. The summed E-state index contributed by atoms with van der Waals surface area (Å²) in [6.07, 6.45) is 6.75. The molecule has 0 spiro atoms. The second-order valence-corrected chi connectivity index (χ2v) is 5.63. The molecule has 1 aromatic carbocycles. The highest BCUT2D eigenvalue weighted by Crippen LogP contribution is 2.26. The van der Waals surface area contributed by atoms with Crippen LogP contribution < -0.4 is 4.74 Å². The van der Waals surface area contributed by atoms with Gasteiger partial charge in [-0.3, -0.25) is 9.80 Å². The van der Waals surface area contributed by atoms with Gasteiger partial charge in [0.2, 0.25) is 0 Å². The van der Waals surface area contributed by atoms with Gasteiger partial charge < -0.3 is 9.84 Å². The Morgan fingerprint density at radius 3 is 2.91 bits per heavy atom. The Balaban J connectivity index is 2.04. The van der Waals surface area contributed by atoms with Gasteiger partial charge in [-0.1, -0.05) is 12.5 Å². The Labute approximate surface area is 131 Å². The van der Waals surface area contributed by atoms with Gasteiger partial charge in [-0.05, 0) is 43.5 Å². The molecular formula is C17H24N2O3. The molecule has 0 bridgehead atoms. The predicted octanol–water partition coefficient (Wildman–Crippen LogP) is 2.66. The minimum absolute atomic E-state index is 0.0548. The minimum atomic E-state index is -0.0548. The topological polar surface area (TPSA) is 53.0 Å². The lowest BCUT2D eigenvalue weighted by Crippen LogP contribution is -2.50. The average Bonchev–Trinajstić information content (AvgIpc) is 2.53. The van der Waals surface area contributed by atoms with Gasteiger partial charge in [-0.15, -0.1) is 0 Å². The molecule has 0 saturated carbocycles. The number of hydrogen-bond acceptors (Lipinski definition) is 4. The molecule has 1 unspecified atom stereocenters. The molecular weight excluding hydrogens is 280 g/mol. The van der Waals surface area contributed by atoms with Gasteiger partial charge >= 0.3 is 0 Å². The molecule has 1 amide bonds. The third-order valence-corrected chi connectivity index (χ3v) is 4.09. The Morgan fingerprint density at radius 1 is 1.45 bits per heavy atom. The summed E-state index contributed by atoms with van der Waals surface area (Å²) in [6, 6.07) is 5.39. The van der Waals surface area contributed by atoms with Crippen molar-refractivity contribution in [3.05, 3.63) is 29.8 Å². The number of likely N-dealkylation sites (N-methyl/N-ethyl adjacent to an activating group) is 1. The third kappa shape index (κ3) is 3.80. The first-order valence-corrected chi connectivity index (χ1v) is 7.62. The molecule has 120 valence electrons. The zero-order valence-electron chi connectivity index (χ0n) is 13.5. The van der Waals surface area contributed by atoms with Crippen LogP contribution in [0.15, 0.2) is 24.3 Å². The van der Waals surface area contributed by atoms with Crippen LogP contribution in [0.25, 0.3) is 6.08 Å². The summed E-state index contributed by atoms with van der Waals surface area (Å²) in [4.78, 5) is 12.3. The van der Waals surface area contributed by atoms with E-state index in [2.05, 4.69) is 11.9 Å². The quantitative estimate of drug-likeness (QED) is 0.869. The third-order valence-electron chi connectivity index (χ3n) is 4.09. The van der Waals surface area contributed by atoms with Gasteiger partial charge in [0.05, 0.1) is 7.11 Å². The number of phenols is 1. The van der Waals surface area contributed by atoms with Gasteiger partial charge in [0.15, 0.2) is 11.5 Å². The molecule has 5 nitrogen and oxygen atoms in total. The standard InChI is InChI=1S/C17H24N2O3/c1-13-6-4-5-11-19(13)18(2)17(21)10-8-14-7-9-15(20)16(12-14)22-3/h7-10,12-13,20H,4-6,11H2,1-3H3/b10-8+. The predicted molar refractivity (Wildman–Crippen MR) is 86.5 cm³/mol. The number of rotatable bonds is 4. The van der Waals surface area contributed by atoms with Crippen molar-refractivity contribution in [3.8, 4) is 11.5 Å². The van der Waals surface area contributed by atoms with E-state index in [0.717, 1.165) is 24.9 Å². The minimum Gasteiger partial charge on any atom is -0.504 e. The zero-order valence-corrected chi connectivity index (χ0v) is 13.5. The van der Waals surface area contributed by atoms with Crippen LogP contribution in [0.4, 0.5) is 0 Å². The maximum Gasteiger partial charge on any atom is 0.260 e. The van der Waals surface area contributed by atoms with Crippen molar-refractivity contribution in [1.29, 1.82) is 0 Å². The fourth-order valence-electron chi connectivity index (χ4n) is 2.73. The molecule has 1 aromatic rings. The number of carbonyl (C=O) groups excluding carboxylic acids is 1. The molecule has 2 rings (SSSR count). The summed E-state index contributed by atoms with van der Waals surface area (Å²) >= 11 is 0. The van der Waals surface area contributed by atoms with E-state index in [4.69, 9.17) is 4.74 Å². The lowest BCUT2D eigenvalue weighted by molar-refractivity contribution is -0.145. The van der Waals surface area contributed by atoms with Gasteiger partial charge in [0.25, 0.3) is 5.91 Å². The van der Waals surface area contributed by atoms with Crippen LogP contribution in [0.2, 0.25) is 0 Å². The highest BCUT2D eigenvalue weighted by atomic mass is 16.5. The number of methoxy groups -OCH3 is 1. The van der Waals surface area contributed by atoms with Gasteiger partial charge in [-0.2, -0.15) is 0 Å². The smallest absolute Gasteiger partial charge is 0.260 e. The molecule has 1 aliphatic heterocycles. The lowest BCUT2D eigenvalue weighted by Gasteiger charge is -2.39. The van der Waals surface area contributed by atoms with Crippen LogP contribution in [0.5, 0.6) is 11.5 Å². The Morgan fingerprint density at radius 2 is 2.23 bits per heavy atom. The number of hydrazine groups is 1. The van der Waals surface area contributed by atoms with Crippen molar-refractivity contribution in [2.45, 2.75) is 32.2 Å². The second-order valence-electron chi connectivity index (χ2n) is 5.63. The molecule has 1 aliphatic rings. The van der Waals surface area contributed by atoms with Crippen LogP contribution in [-0.4, -0.2) is 47.8 Å². The lowest BCUT2D eigenvalue weighted by atomic mass is 10.1. The number of aromatic hydroxyl groups is 1. The molecule has 0 aliphatic carbocycles. The van der Waals surface area contributed by atoms with E-state index in [1.807, 2.05) is 7.05 Å². The Kier molecular flexibility index (Phi) is 5.44. The summed E-state index contributed by atoms with van der Waals surface area (Å²) in [5, 5.41) is 13.4. The first-order valence-electron chi connectivity index (χ1n) is 7.62. The number of nitrogens with zero attached hydrogens (tertiary/aromatic N) is 2. The van der Waals surface area contributed by atoms with E-state index >= 15 is 0 Å². The highest BCUT2D eigenvalue weighted by molar-refractivity contribution is 5.91. The molecule has 1 heterocycles. The van der Waals surface area contributed by atoms with E-state index < -0.39 is 0 Å². The first-order chi connectivity index (χ1) is 10.5. The number of benzene rings is 1. The zero-order chi connectivity index (χ0) is 16.1. The van der Waals surface area contributed by atoms with E-state index in [0.29, 0.717) is 11.8 Å². The van der Waals surface area contributed by atoms with Gasteiger partial charge in [0.1, 0.15) is 0 Å². The largest absolute Gasteiger partial charge is 0.504 e. The van der Waals surface area contributed by atoms with Crippen molar-refractivity contribution in [3.63, 3.8) is 0 Å². The normalized spacial score (nSPS) is 19.3. The second kappa shape index (κ2) is 7.31. The maximum atomic E-state index is 12.3. The van der Waals surface area contributed by atoms with Gasteiger partial charge in [-0.25, -0.2) is 5.01 Å². The molecule has 0 aromatic heterocycles. The van der Waals surface area contributed by atoms with Crippen molar-refractivity contribution >= 4 is 12.0 Å². The van der Waals surface area contributed by atoms with Crippen molar-refractivity contribution in [1.82, 2.24) is 10.0 Å². The summed E-state index contributed by atoms with van der Waals surface area (Å²) in [5.41, 5.74) is 0.808.